The monoisotopic (exact) mass is 305 g/mol. The molecule has 118 valence electrons. The lowest BCUT2D eigenvalue weighted by molar-refractivity contribution is -0.133. The van der Waals surface area contributed by atoms with Crippen LogP contribution >= 0.6 is 0 Å². The molecule has 0 unspecified atom stereocenters. The molecule has 4 aliphatic carbocycles. The van der Waals surface area contributed by atoms with Gasteiger partial charge in [0.15, 0.2) is 0 Å². The summed E-state index contributed by atoms with van der Waals surface area (Å²) >= 11 is 0. The third kappa shape index (κ3) is 1.62. The molecule has 1 aromatic heterocycles. The van der Waals surface area contributed by atoms with Crippen LogP contribution in [0.5, 0.6) is 5.75 Å². The Bertz CT molecular complexity index is 768. The van der Waals surface area contributed by atoms with Crippen LogP contribution in [0.25, 0.3) is 10.9 Å². The van der Waals surface area contributed by atoms with E-state index in [1.54, 1.807) is 0 Å². The highest BCUT2D eigenvalue weighted by Crippen LogP contribution is 2.64. The summed E-state index contributed by atoms with van der Waals surface area (Å²) in [5.74, 6) is 4.97. The molecule has 1 spiro atoms. The van der Waals surface area contributed by atoms with E-state index >= 15 is 0 Å². The van der Waals surface area contributed by atoms with Gasteiger partial charge in [0, 0.05) is 22.6 Å². The average molecular weight is 305 g/mol. The molecule has 4 bridgehead atoms. The Kier molecular flexibility index (Phi) is 2.39. The molecule has 0 atom stereocenters. The Balaban J connectivity index is 1.49. The SMILES string of the molecule is c1cnc2ccc3c(c2c1)CC1(CO3)C2CC3CC(C2)CC1C3. The van der Waals surface area contributed by atoms with Gasteiger partial charge in [-0.3, -0.25) is 4.98 Å². The molecule has 0 saturated heterocycles. The highest BCUT2D eigenvalue weighted by molar-refractivity contribution is 5.84. The van der Waals surface area contributed by atoms with Gasteiger partial charge >= 0.3 is 0 Å². The summed E-state index contributed by atoms with van der Waals surface area (Å²) in [5, 5.41) is 1.32. The van der Waals surface area contributed by atoms with Gasteiger partial charge in [0.1, 0.15) is 5.75 Å². The fourth-order valence-corrected chi connectivity index (χ4v) is 6.75. The molecule has 2 heteroatoms. The Morgan fingerprint density at radius 1 is 0.957 bits per heavy atom. The summed E-state index contributed by atoms with van der Waals surface area (Å²) < 4.78 is 6.38. The topological polar surface area (TPSA) is 22.1 Å². The molecule has 5 aliphatic rings. The lowest BCUT2D eigenvalue weighted by atomic mass is 9.44. The first-order valence-electron chi connectivity index (χ1n) is 9.31. The third-order valence-corrected chi connectivity index (χ3v) is 7.62. The molecular weight excluding hydrogens is 282 g/mol. The van der Waals surface area contributed by atoms with Crippen LogP contribution in [0.3, 0.4) is 0 Å². The Morgan fingerprint density at radius 2 is 1.74 bits per heavy atom. The Hall–Kier alpha value is -1.57. The van der Waals surface area contributed by atoms with Crippen LogP contribution in [0.1, 0.15) is 37.7 Å². The second kappa shape index (κ2) is 4.28. The van der Waals surface area contributed by atoms with Crippen LogP contribution < -0.4 is 4.74 Å². The third-order valence-electron chi connectivity index (χ3n) is 7.62. The van der Waals surface area contributed by atoms with Crippen LogP contribution in [0.15, 0.2) is 30.5 Å². The Labute approximate surface area is 137 Å². The maximum Gasteiger partial charge on any atom is 0.123 e. The van der Waals surface area contributed by atoms with E-state index in [-0.39, 0.29) is 0 Å². The smallest absolute Gasteiger partial charge is 0.123 e. The van der Waals surface area contributed by atoms with E-state index in [2.05, 4.69) is 29.2 Å². The van der Waals surface area contributed by atoms with E-state index in [1.165, 1.54) is 49.5 Å². The number of fused-ring (bicyclic) bond motifs is 3. The first kappa shape index (κ1) is 12.8. The van der Waals surface area contributed by atoms with Gasteiger partial charge in [0.2, 0.25) is 0 Å². The van der Waals surface area contributed by atoms with Crippen molar-refractivity contribution >= 4 is 10.9 Å². The molecule has 0 radical (unpaired) electrons. The number of rotatable bonds is 0. The van der Waals surface area contributed by atoms with Gasteiger partial charge in [-0.15, -0.1) is 0 Å². The molecule has 2 heterocycles. The molecule has 0 amide bonds. The second-order valence-corrected chi connectivity index (χ2v) is 8.62. The maximum absolute atomic E-state index is 6.38. The number of pyridine rings is 1. The van der Waals surface area contributed by atoms with Gasteiger partial charge in [-0.2, -0.15) is 0 Å². The summed E-state index contributed by atoms with van der Waals surface area (Å²) in [6, 6.07) is 8.57. The molecule has 23 heavy (non-hydrogen) atoms. The maximum atomic E-state index is 6.38. The number of benzene rings is 1. The van der Waals surface area contributed by atoms with Crippen molar-refractivity contribution in [2.24, 2.45) is 29.1 Å². The molecule has 2 aromatic rings. The van der Waals surface area contributed by atoms with E-state index in [1.807, 2.05) is 6.20 Å². The van der Waals surface area contributed by atoms with Crippen molar-refractivity contribution in [2.45, 2.75) is 38.5 Å². The van der Waals surface area contributed by atoms with E-state index in [4.69, 9.17) is 4.74 Å². The van der Waals surface area contributed by atoms with Crippen LogP contribution in [0.4, 0.5) is 0 Å². The van der Waals surface area contributed by atoms with Gasteiger partial charge in [-0.25, -0.2) is 0 Å². The highest BCUT2D eigenvalue weighted by Gasteiger charge is 2.58. The van der Waals surface area contributed by atoms with Gasteiger partial charge in [0.05, 0.1) is 12.1 Å². The molecule has 0 N–H and O–H groups in total. The number of hydrogen-bond acceptors (Lipinski definition) is 2. The molecule has 1 aromatic carbocycles. The predicted octanol–water partition coefficient (Wildman–Crippen LogP) is 4.61. The Morgan fingerprint density at radius 3 is 2.52 bits per heavy atom. The van der Waals surface area contributed by atoms with Crippen molar-refractivity contribution < 1.29 is 4.74 Å². The van der Waals surface area contributed by atoms with Crippen LogP contribution in [0, 0.1) is 29.1 Å². The standard InChI is InChI=1S/C21H23NO/c1-2-17-18-11-21(12-23-20(18)4-3-19(17)22-5-1)15-7-13-6-14(9-15)10-16(21)8-13/h1-5,13-16H,6-12H2. The number of hydrogen-bond donors (Lipinski definition) is 0. The summed E-state index contributed by atoms with van der Waals surface area (Å²) in [4.78, 5) is 4.56. The van der Waals surface area contributed by atoms with Gasteiger partial charge in [-0.05, 0) is 80.4 Å². The van der Waals surface area contributed by atoms with Gasteiger partial charge < -0.3 is 4.74 Å². The van der Waals surface area contributed by atoms with E-state index in [0.29, 0.717) is 5.41 Å². The fraction of sp³-hybridized carbons (Fsp3) is 0.571. The largest absolute Gasteiger partial charge is 0.493 e. The molecule has 1 aliphatic heterocycles. The minimum atomic E-state index is 0.421. The predicted molar refractivity (Wildman–Crippen MR) is 90.4 cm³/mol. The first-order chi connectivity index (χ1) is 11.3. The lowest BCUT2D eigenvalue weighted by Gasteiger charge is -2.62. The molecule has 7 rings (SSSR count). The van der Waals surface area contributed by atoms with Crippen molar-refractivity contribution in [3.63, 3.8) is 0 Å². The molecular formula is C21H23NO. The van der Waals surface area contributed by atoms with Crippen molar-refractivity contribution in [1.82, 2.24) is 4.98 Å². The number of aromatic nitrogens is 1. The number of nitrogens with zero attached hydrogens (tertiary/aromatic N) is 1. The van der Waals surface area contributed by atoms with Gasteiger partial charge in [0.25, 0.3) is 0 Å². The lowest BCUT2D eigenvalue weighted by Crippen LogP contribution is -2.57. The average Bonchev–Trinajstić information content (AvgIpc) is 2.59. The van der Waals surface area contributed by atoms with E-state index in [0.717, 1.165) is 41.5 Å². The normalized spacial score (nSPS) is 40.3. The minimum absolute atomic E-state index is 0.421. The zero-order valence-corrected chi connectivity index (χ0v) is 13.5. The molecule has 4 saturated carbocycles. The van der Waals surface area contributed by atoms with Crippen molar-refractivity contribution in [2.75, 3.05) is 6.61 Å². The first-order valence-corrected chi connectivity index (χ1v) is 9.31. The van der Waals surface area contributed by atoms with Crippen molar-refractivity contribution in [3.05, 3.63) is 36.0 Å². The van der Waals surface area contributed by atoms with Gasteiger partial charge in [-0.1, -0.05) is 6.07 Å². The second-order valence-electron chi connectivity index (χ2n) is 8.62. The zero-order valence-electron chi connectivity index (χ0n) is 13.5. The summed E-state index contributed by atoms with van der Waals surface area (Å²) in [6.45, 7) is 0.959. The summed E-state index contributed by atoms with van der Waals surface area (Å²) in [7, 11) is 0. The molecule has 2 nitrogen and oxygen atoms in total. The van der Waals surface area contributed by atoms with E-state index in [9.17, 15) is 0 Å². The zero-order chi connectivity index (χ0) is 15.0. The van der Waals surface area contributed by atoms with Crippen LogP contribution in [0.2, 0.25) is 0 Å². The van der Waals surface area contributed by atoms with Crippen molar-refractivity contribution in [3.8, 4) is 5.75 Å². The summed E-state index contributed by atoms with van der Waals surface area (Å²) in [5.41, 5.74) is 2.98. The van der Waals surface area contributed by atoms with Crippen molar-refractivity contribution in [1.29, 1.82) is 0 Å². The van der Waals surface area contributed by atoms with Crippen LogP contribution in [-0.2, 0) is 6.42 Å². The quantitative estimate of drug-likeness (QED) is 0.709. The highest BCUT2D eigenvalue weighted by atomic mass is 16.5. The fourth-order valence-electron chi connectivity index (χ4n) is 6.75. The van der Waals surface area contributed by atoms with E-state index < -0.39 is 0 Å². The summed E-state index contributed by atoms with van der Waals surface area (Å²) in [6.07, 6.45) is 10.5. The number of ether oxygens (including phenoxy) is 1. The van der Waals surface area contributed by atoms with Crippen LogP contribution in [-0.4, -0.2) is 11.6 Å². The minimum Gasteiger partial charge on any atom is -0.493 e. The molecule has 4 fully saturated rings.